The van der Waals surface area contributed by atoms with E-state index < -0.39 is 29.4 Å². The molecule has 6 heteroatoms. The van der Waals surface area contributed by atoms with Crippen LogP contribution in [0.4, 0.5) is 4.79 Å². The third kappa shape index (κ3) is 4.13. The van der Waals surface area contributed by atoms with Crippen molar-refractivity contribution in [3.05, 3.63) is 35.9 Å². The van der Waals surface area contributed by atoms with Crippen LogP contribution >= 0.6 is 0 Å². The molecule has 1 aliphatic rings. The van der Waals surface area contributed by atoms with Crippen LogP contribution in [0.1, 0.15) is 32.8 Å². The number of carboxylic acid groups (broad SMARTS) is 1. The van der Waals surface area contributed by atoms with Gasteiger partial charge in [0.15, 0.2) is 0 Å². The van der Waals surface area contributed by atoms with Gasteiger partial charge in [0.1, 0.15) is 18.4 Å². The summed E-state index contributed by atoms with van der Waals surface area (Å²) in [6.07, 6.45) is -1.03. The summed E-state index contributed by atoms with van der Waals surface area (Å²) in [6.45, 7) is 5.50. The fourth-order valence-corrected chi connectivity index (χ4v) is 2.90. The van der Waals surface area contributed by atoms with E-state index in [4.69, 9.17) is 4.74 Å². The Morgan fingerprint density at radius 1 is 1.21 bits per heavy atom. The van der Waals surface area contributed by atoms with Crippen molar-refractivity contribution in [2.24, 2.45) is 11.3 Å². The average molecular weight is 333 g/mol. The molecule has 1 aromatic carbocycles. The molecule has 1 aliphatic heterocycles. The predicted molar refractivity (Wildman–Crippen MR) is 87.3 cm³/mol. The molecule has 0 aliphatic carbocycles. The third-order valence-corrected chi connectivity index (χ3v) is 4.15. The van der Waals surface area contributed by atoms with Gasteiger partial charge in [-0.3, -0.25) is 9.69 Å². The van der Waals surface area contributed by atoms with E-state index in [0.717, 1.165) is 10.5 Å². The van der Waals surface area contributed by atoms with Gasteiger partial charge in [-0.2, -0.15) is 0 Å². The van der Waals surface area contributed by atoms with Gasteiger partial charge in [-0.25, -0.2) is 9.59 Å². The number of hydrogen-bond acceptors (Lipinski definition) is 4. The summed E-state index contributed by atoms with van der Waals surface area (Å²) in [6, 6.07) is 8.24. The summed E-state index contributed by atoms with van der Waals surface area (Å²) < 4.78 is 5.25. The second-order valence-electron chi connectivity index (χ2n) is 7.09. The lowest BCUT2D eigenvalue weighted by Gasteiger charge is -2.21. The Kier molecular flexibility index (Phi) is 5.26. The number of nitrogens with zero attached hydrogens (tertiary/aromatic N) is 1. The minimum Gasteiger partial charge on any atom is -0.465 e. The Balaban J connectivity index is 2.05. The molecule has 1 fully saturated rings. The second kappa shape index (κ2) is 7.03. The lowest BCUT2D eigenvalue weighted by molar-refractivity contribution is -0.149. The number of hydrogen-bond donors (Lipinski definition) is 1. The lowest BCUT2D eigenvalue weighted by Crippen LogP contribution is -2.40. The highest BCUT2D eigenvalue weighted by Gasteiger charge is 2.45. The number of ketones is 1. The van der Waals surface area contributed by atoms with Crippen molar-refractivity contribution in [1.29, 1.82) is 0 Å². The average Bonchev–Trinajstić information content (AvgIpc) is 2.97. The van der Waals surface area contributed by atoms with E-state index in [1.807, 2.05) is 30.3 Å². The first-order valence-electron chi connectivity index (χ1n) is 7.94. The van der Waals surface area contributed by atoms with Gasteiger partial charge in [0.25, 0.3) is 0 Å². The molecule has 0 radical (unpaired) electrons. The van der Waals surface area contributed by atoms with Crippen LogP contribution in [0.5, 0.6) is 0 Å². The van der Waals surface area contributed by atoms with Crippen LogP contribution < -0.4 is 0 Å². The lowest BCUT2D eigenvalue weighted by atomic mass is 9.82. The van der Waals surface area contributed by atoms with Gasteiger partial charge in [0.05, 0.1) is 0 Å². The van der Waals surface area contributed by atoms with E-state index in [1.165, 1.54) is 0 Å². The molecule has 6 nitrogen and oxygen atoms in total. The number of esters is 1. The molecule has 1 saturated heterocycles. The van der Waals surface area contributed by atoms with Crippen molar-refractivity contribution < 1.29 is 24.2 Å². The van der Waals surface area contributed by atoms with Crippen LogP contribution in [-0.2, 0) is 20.9 Å². The number of rotatable bonds is 4. The van der Waals surface area contributed by atoms with Crippen LogP contribution in [0.3, 0.4) is 0 Å². The summed E-state index contributed by atoms with van der Waals surface area (Å²) in [7, 11) is 0. The molecule has 1 amide bonds. The molecule has 0 aromatic heterocycles. The fraction of sp³-hybridized carbons (Fsp3) is 0.500. The molecule has 1 heterocycles. The molecule has 0 spiro atoms. The van der Waals surface area contributed by atoms with Crippen LogP contribution in [0.25, 0.3) is 0 Å². The number of carbonyl (C=O) groups is 3. The minimum absolute atomic E-state index is 0.0351. The monoisotopic (exact) mass is 333 g/mol. The Bertz CT molecular complexity index is 620. The van der Waals surface area contributed by atoms with Crippen LogP contribution in [0, 0.1) is 11.3 Å². The highest BCUT2D eigenvalue weighted by Crippen LogP contribution is 2.31. The molecule has 2 rings (SSSR count). The highest BCUT2D eigenvalue weighted by atomic mass is 16.5. The van der Waals surface area contributed by atoms with Gasteiger partial charge < -0.3 is 9.84 Å². The number of benzene rings is 1. The zero-order chi connectivity index (χ0) is 17.9. The maximum Gasteiger partial charge on any atom is 0.408 e. The van der Waals surface area contributed by atoms with Crippen molar-refractivity contribution in [1.82, 2.24) is 4.90 Å². The van der Waals surface area contributed by atoms with Gasteiger partial charge >= 0.3 is 12.1 Å². The Morgan fingerprint density at radius 2 is 1.83 bits per heavy atom. The van der Waals surface area contributed by atoms with Crippen LogP contribution in [0.2, 0.25) is 0 Å². The first-order valence-corrected chi connectivity index (χ1v) is 7.94. The van der Waals surface area contributed by atoms with E-state index >= 15 is 0 Å². The summed E-state index contributed by atoms with van der Waals surface area (Å²) in [5.74, 6) is -1.12. The Morgan fingerprint density at radius 3 is 2.38 bits per heavy atom. The molecular weight excluding hydrogens is 310 g/mol. The van der Waals surface area contributed by atoms with Gasteiger partial charge in [0.2, 0.25) is 0 Å². The zero-order valence-electron chi connectivity index (χ0n) is 14.2. The molecule has 24 heavy (non-hydrogen) atoms. The minimum atomic E-state index is -1.21. The zero-order valence-corrected chi connectivity index (χ0v) is 14.2. The van der Waals surface area contributed by atoms with Crippen molar-refractivity contribution >= 4 is 17.8 Å². The number of carbonyl (C=O) groups excluding carboxylic acids is 2. The standard InChI is InChI=1S/C18H23NO5/c1-18(2,3)15(20)13-9-14(19(10-13)17(22)23)16(21)24-11-12-7-5-4-6-8-12/h4-8,13-14H,9-11H2,1-3H3,(H,22,23)/t13?,14-/m0/s1. The Hall–Kier alpha value is -2.37. The first-order chi connectivity index (χ1) is 11.2. The number of ether oxygens (including phenoxy) is 1. The maximum atomic E-state index is 12.4. The fourth-order valence-electron chi connectivity index (χ4n) is 2.90. The van der Waals surface area contributed by atoms with E-state index in [-0.39, 0.29) is 25.4 Å². The van der Waals surface area contributed by atoms with Gasteiger partial charge in [-0.15, -0.1) is 0 Å². The molecule has 1 unspecified atom stereocenters. The number of amides is 1. The summed E-state index contributed by atoms with van der Waals surface area (Å²) >= 11 is 0. The molecule has 130 valence electrons. The first kappa shape index (κ1) is 18.0. The predicted octanol–water partition coefficient (Wildman–Crippen LogP) is 2.71. The van der Waals surface area contributed by atoms with Gasteiger partial charge in [-0.05, 0) is 12.0 Å². The quantitative estimate of drug-likeness (QED) is 0.857. The topological polar surface area (TPSA) is 83.9 Å². The molecule has 0 bridgehead atoms. The SMILES string of the molecule is CC(C)(C)C(=O)C1C[C@@H](C(=O)OCc2ccccc2)N(C(=O)O)C1. The van der Waals surface area contributed by atoms with Gasteiger partial charge in [0, 0.05) is 17.9 Å². The molecular formula is C18H23NO5. The van der Waals surface area contributed by atoms with Crippen LogP contribution in [0.15, 0.2) is 30.3 Å². The highest BCUT2D eigenvalue weighted by molar-refractivity contribution is 5.89. The number of Topliss-reactive ketones (excluding diaryl/α,β-unsaturated/α-hetero) is 1. The third-order valence-electron chi connectivity index (χ3n) is 4.15. The molecule has 1 aromatic rings. The van der Waals surface area contributed by atoms with E-state index in [1.54, 1.807) is 20.8 Å². The van der Waals surface area contributed by atoms with Crippen molar-refractivity contribution in [3.8, 4) is 0 Å². The summed E-state index contributed by atoms with van der Waals surface area (Å²) in [4.78, 5) is 37.2. The van der Waals surface area contributed by atoms with Crippen molar-refractivity contribution in [3.63, 3.8) is 0 Å². The molecule has 0 saturated carbocycles. The van der Waals surface area contributed by atoms with Crippen molar-refractivity contribution in [2.45, 2.75) is 39.8 Å². The van der Waals surface area contributed by atoms with E-state index in [2.05, 4.69) is 0 Å². The van der Waals surface area contributed by atoms with Crippen molar-refractivity contribution in [2.75, 3.05) is 6.54 Å². The van der Waals surface area contributed by atoms with Crippen LogP contribution in [-0.4, -0.2) is 40.4 Å². The summed E-state index contributed by atoms with van der Waals surface area (Å²) in [5, 5.41) is 9.33. The van der Waals surface area contributed by atoms with Gasteiger partial charge in [-0.1, -0.05) is 51.1 Å². The second-order valence-corrected chi connectivity index (χ2v) is 7.09. The normalized spacial score (nSPS) is 20.7. The smallest absolute Gasteiger partial charge is 0.408 e. The summed E-state index contributed by atoms with van der Waals surface area (Å²) in [5.41, 5.74) is 0.255. The number of likely N-dealkylation sites (tertiary alicyclic amines) is 1. The maximum absolute atomic E-state index is 12.4. The molecule has 2 atom stereocenters. The molecule has 1 N–H and O–H groups in total. The Labute approximate surface area is 141 Å². The van der Waals surface area contributed by atoms with E-state index in [0.29, 0.717) is 0 Å². The van der Waals surface area contributed by atoms with E-state index in [9.17, 15) is 19.5 Å². The largest absolute Gasteiger partial charge is 0.465 e.